The Morgan fingerprint density at radius 2 is 1.53 bits per heavy atom. The largest absolute Gasteiger partial charge is 0.464 e. The molecule has 0 unspecified atom stereocenters. The summed E-state index contributed by atoms with van der Waals surface area (Å²) in [5, 5.41) is 5.42. The fraction of sp³-hybridized carbons (Fsp3) is 0.818. The van der Waals surface area contributed by atoms with Crippen molar-refractivity contribution < 1.29 is 28.7 Å². The van der Waals surface area contributed by atoms with Crippen LogP contribution < -0.4 is 10.6 Å². The molecule has 1 aliphatic heterocycles. The van der Waals surface area contributed by atoms with Crippen molar-refractivity contribution in [3.8, 4) is 0 Å². The molecule has 5 atom stereocenters. The van der Waals surface area contributed by atoms with E-state index in [1.807, 2.05) is 41.5 Å². The first-order valence-corrected chi connectivity index (χ1v) is 10.9. The summed E-state index contributed by atoms with van der Waals surface area (Å²) in [4.78, 5) is 49.8. The molecule has 2 amide bonds. The molecule has 0 bridgehead atoms. The third-order valence-corrected chi connectivity index (χ3v) is 5.38. The van der Waals surface area contributed by atoms with Crippen molar-refractivity contribution in [2.75, 3.05) is 6.61 Å². The normalized spacial score (nSPS) is 21.5. The van der Waals surface area contributed by atoms with Crippen molar-refractivity contribution >= 4 is 23.8 Å². The summed E-state index contributed by atoms with van der Waals surface area (Å²) >= 11 is 0. The number of nitrogens with one attached hydrogen (secondary N) is 2. The summed E-state index contributed by atoms with van der Waals surface area (Å²) in [6.07, 6.45) is -0.148. The van der Waals surface area contributed by atoms with Crippen LogP contribution in [0.4, 0.5) is 0 Å². The van der Waals surface area contributed by atoms with Gasteiger partial charge in [0.1, 0.15) is 18.0 Å². The third kappa shape index (κ3) is 6.71. The Kier molecular flexibility index (Phi) is 9.78. The quantitative estimate of drug-likeness (QED) is 0.489. The lowest BCUT2D eigenvalue weighted by molar-refractivity contribution is -0.193. The molecule has 1 aliphatic rings. The second-order valence-corrected chi connectivity index (χ2v) is 9.25. The Morgan fingerprint density at radius 3 is 1.97 bits per heavy atom. The molecule has 0 aromatic carbocycles. The summed E-state index contributed by atoms with van der Waals surface area (Å²) in [5.41, 5.74) is 0. The number of rotatable bonds is 11. The molecule has 8 nitrogen and oxygen atoms in total. The number of carbonyl (C=O) groups excluding carboxylic acids is 4. The predicted octanol–water partition coefficient (Wildman–Crippen LogP) is 2.05. The molecule has 1 rings (SSSR count). The van der Waals surface area contributed by atoms with Gasteiger partial charge in [-0.2, -0.15) is 0 Å². The smallest absolute Gasteiger partial charge is 0.328 e. The van der Waals surface area contributed by atoms with Crippen molar-refractivity contribution in [2.45, 2.75) is 80.0 Å². The summed E-state index contributed by atoms with van der Waals surface area (Å²) in [5.74, 6) is -2.56. The molecule has 1 saturated heterocycles. The predicted molar refractivity (Wildman–Crippen MR) is 112 cm³/mol. The molecule has 0 aromatic heterocycles. The van der Waals surface area contributed by atoms with Gasteiger partial charge in [-0.3, -0.25) is 14.4 Å². The van der Waals surface area contributed by atoms with E-state index >= 15 is 0 Å². The number of carbonyl (C=O) groups is 4. The monoisotopic (exact) mass is 426 g/mol. The van der Waals surface area contributed by atoms with Gasteiger partial charge in [0.2, 0.25) is 5.91 Å². The molecule has 0 radical (unpaired) electrons. The zero-order valence-corrected chi connectivity index (χ0v) is 19.5. The molecular weight excluding hydrogens is 388 g/mol. The highest BCUT2D eigenvalue weighted by Crippen LogP contribution is 2.31. The molecule has 0 aliphatic carbocycles. The van der Waals surface area contributed by atoms with Gasteiger partial charge in [0, 0.05) is 0 Å². The first-order chi connectivity index (χ1) is 13.9. The van der Waals surface area contributed by atoms with E-state index in [2.05, 4.69) is 10.6 Å². The van der Waals surface area contributed by atoms with Crippen LogP contribution in [0.1, 0.15) is 61.8 Å². The highest BCUT2D eigenvalue weighted by Gasteiger charge is 2.50. The molecule has 30 heavy (non-hydrogen) atoms. The maximum Gasteiger partial charge on any atom is 0.328 e. The van der Waals surface area contributed by atoms with Gasteiger partial charge >= 0.3 is 11.9 Å². The fourth-order valence-corrected chi connectivity index (χ4v) is 3.18. The van der Waals surface area contributed by atoms with Crippen molar-refractivity contribution in [3.63, 3.8) is 0 Å². The Morgan fingerprint density at radius 1 is 0.967 bits per heavy atom. The standard InChI is InChI=1S/C22H38N2O6/c1-9-14(8)15-18(30-21(15)27)20(26)23-16(12(4)5)19(25)24-17(13(6)7)22(28)29-10-11(2)3/h11-18H,9-10H2,1-8H3,(H,23,26)(H,24,25)/t14-,15-,16-,17-,18+/m0/s1. The van der Waals surface area contributed by atoms with E-state index in [-0.39, 0.29) is 36.2 Å². The minimum atomic E-state index is -0.890. The van der Waals surface area contributed by atoms with Gasteiger partial charge in [-0.1, -0.05) is 61.8 Å². The minimum absolute atomic E-state index is 0.00868. The number of cyclic esters (lactones) is 1. The molecule has 0 saturated carbocycles. The van der Waals surface area contributed by atoms with Gasteiger partial charge in [-0.15, -0.1) is 0 Å². The molecule has 172 valence electrons. The Balaban J connectivity index is 2.83. The van der Waals surface area contributed by atoms with Crippen LogP contribution in [-0.4, -0.2) is 48.5 Å². The van der Waals surface area contributed by atoms with Crippen molar-refractivity contribution in [1.29, 1.82) is 0 Å². The zero-order chi connectivity index (χ0) is 23.2. The van der Waals surface area contributed by atoms with Crippen LogP contribution in [0.3, 0.4) is 0 Å². The summed E-state index contributed by atoms with van der Waals surface area (Å²) in [6, 6.07) is -1.68. The summed E-state index contributed by atoms with van der Waals surface area (Å²) < 4.78 is 10.3. The number of hydrogen-bond donors (Lipinski definition) is 2. The highest BCUT2D eigenvalue weighted by atomic mass is 16.6. The van der Waals surface area contributed by atoms with Crippen LogP contribution in [-0.2, 0) is 28.7 Å². The van der Waals surface area contributed by atoms with Crippen LogP contribution in [0.15, 0.2) is 0 Å². The molecular formula is C22H38N2O6. The molecule has 8 heteroatoms. The fourth-order valence-electron chi connectivity index (χ4n) is 3.18. The second kappa shape index (κ2) is 11.3. The summed E-state index contributed by atoms with van der Waals surface area (Å²) in [6.45, 7) is 15.2. The van der Waals surface area contributed by atoms with Gasteiger partial charge in [-0.05, 0) is 23.7 Å². The van der Waals surface area contributed by atoms with E-state index in [4.69, 9.17) is 9.47 Å². The lowest BCUT2D eigenvalue weighted by Gasteiger charge is -2.38. The van der Waals surface area contributed by atoms with Gasteiger partial charge in [0.05, 0.1) is 6.61 Å². The topological polar surface area (TPSA) is 111 Å². The maximum atomic E-state index is 12.9. The van der Waals surface area contributed by atoms with Crippen LogP contribution in [0.25, 0.3) is 0 Å². The SMILES string of the molecule is CC[C@H](C)[C@@H]1C(=O)O[C@H]1C(=O)N[C@H](C(=O)N[C@H](C(=O)OCC(C)C)C(C)C)C(C)C. The van der Waals surface area contributed by atoms with E-state index < -0.39 is 41.9 Å². The molecule has 2 N–H and O–H groups in total. The van der Waals surface area contributed by atoms with Crippen LogP contribution in [0.5, 0.6) is 0 Å². The van der Waals surface area contributed by atoms with Crippen molar-refractivity contribution in [1.82, 2.24) is 10.6 Å². The van der Waals surface area contributed by atoms with Gasteiger partial charge in [-0.25, -0.2) is 4.79 Å². The van der Waals surface area contributed by atoms with E-state index in [1.165, 1.54) is 0 Å². The summed E-state index contributed by atoms with van der Waals surface area (Å²) in [7, 11) is 0. The molecule has 1 fully saturated rings. The van der Waals surface area contributed by atoms with Crippen molar-refractivity contribution in [2.24, 2.45) is 29.6 Å². The van der Waals surface area contributed by atoms with E-state index in [9.17, 15) is 19.2 Å². The lowest BCUT2D eigenvalue weighted by Crippen LogP contribution is -2.61. The minimum Gasteiger partial charge on any atom is -0.464 e. The first-order valence-electron chi connectivity index (χ1n) is 10.9. The number of ether oxygens (including phenoxy) is 2. The van der Waals surface area contributed by atoms with Gasteiger partial charge < -0.3 is 20.1 Å². The van der Waals surface area contributed by atoms with Crippen LogP contribution >= 0.6 is 0 Å². The van der Waals surface area contributed by atoms with E-state index in [0.717, 1.165) is 6.42 Å². The molecule has 0 aromatic rings. The Labute approximate surface area is 179 Å². The Bertz CT molecular complexity index is 631. The third-order valence-electron chi connectivity index (χ3n) is 5.38. The molecule has 0 spiro atoms. The van der Waals surface area contributed by atoms with Gasteiger partial charge in [0.15, 0.2) is 6.10 Å². The Hall–Kier alpha value is -2.12. The second-order valence-electron chi connectivity index (χ2n) is 9.25. The van der Waals surface area contributed by atoms with E-state index in [1.54, 1.807) is 13.8 Å². The zero-order valence-electron chi connectivity index (χ0n) is 19.5. The molecule has 1 heterocycles. The average molecular weight is 427 g/mol. The van der Waals surface area contributed by atoms with Crippen LogP contribution in [0.2, 0.25) is 0 Å². The highest BCUT2D eigenvalue weighted by molar-refractivity contribution is 5.97. The van der Waals surface area contributed by atoms with E-state index in [0.29, 0.717) is 0 Å². The van der Waals surface area contributed by atoms with Crippen molar-refractivity contribution in [3.05, 3.63) is 0 Å². The van der Waals surface area contributed by atoms with Gasteiger partial charge in [0.25, 0.3) is 5.91 Å². The average Bonchev–Trinajstić information content (AvgIpc) is 2.65. The lowest BCUT2D eigenvalue weighted by atomic mass is 9.82. The maximum absolute atomic E-state index is 12.9. The number of amides is 2. The van der Waals surface area contributed by atoms with Crippen LogP contribution in [0, 0.1) is 29.6 Å². The first kappa shape index (κ1) is 25.9. The number of hydrogen-bond acceptors (Lipinski definition) is 6. The number of esters is 2.